The summed E-state index contributed by atoms with van der Waals surface area (Å²) in [6.45, 7) is 13.9. The molecule has 2 atom stereocenters. The molecule has 0 saturated carbocycles. The van der Waals surface area contributed by atoms with E-state index in [1.54, 1.807) is 30.3 Å². The number of sulfonamides is 1. The van der Waals surface area contributed by atoms with Crippen LogP contribution >= 0.6 is 11.6 Å². The Labute approximate surface area is 248 Å². The first-order chi connectivity index (χ1) is 19.9. The van der Waals surface area contributed by atoms with Gasteiger partial charge in [-0.25, -0.2) is 18.0 Å². The van der Waals surface area contributed by atoms with Crippen molar-refractivity contribution in [3.05, 3.63) is 64.0 Å². The zero-order chi connectivity index (χ0) is 28.8. The molecule has 1 aliphatic carbocycles. The van der Waals surface area contributed by atoms with Crippen LogP contribution in [0.5, 0.6) is 5.75 Å². The van der Waals surface area contributed by atoms with Crippen LogP contribution in [0.2, 0.25) is 5.02 Å². The summed E-state index contributed by atoms with van der Waals surface area (Å²) >= 11 is 6.40. The topological polar surface area (TPSA) is 101 Å². The number of nitrogens with zero attached hydrogens (tertiary/aromatic N) is 3. The maximum atomic E-state index is 13.2. The lowest BCUT2D eigenvalue weighted by atomic mass is 10.0. The molecule has 3 aliphatic rings. The van der Waals surface area contributed by atoms with Gasteiger partial charge in [-0.15, -0.1) is 0 Å². The predicted molar refractivity (Wildman–Crippen MR) is 160 cm³/mol. The standard InChI is InChI=1S/C30H40ClN5O4S/c1-33-28-20-22(31)19-27-26(28)21-29(36-12-3-2-4-13-36)30(27)40-24-5-7-25(8-6-24)41(37,38)34-23-9-14-35(15-10-23)16-18-39-17-11-32/h5-8,19-20,23,29-30,34H,2-4,9-18,21,32H2/t29-,30-/m0/s1. The van der Waals surface area contributed by atoms with Crippen LogP contribution in [0.1, 0.15) is 49.3 Å². The molecule has 0 amide bonds. The number of rotatable bonds is 11. The lowest BCUT2D eigenvalue weighted by molar-refractivity contribution is 0.0647. The van der Waals surface area contributed by atoms with Gasteiger partial charge >= 0.3 is 0 Å². The van der Waals surface area contributed by atoms with E-state index in [1.807, 2.05) is 6.07 Å². The quantitative estimate of drug-likeness (QED) is 0.295. The maximum absolute atomic E-state index is 13.2. The molecule has 11 heteroatoms. The monoisotopic (exact) mass is 601 g/mol. The van der Waals surface area contributed by atoms with Crippen LogP contribution in [0.25, 0.3) is 4.85 Å². The Kier molecular flexibility index (Phi) is 10.2. The number of likely N-dealkylation sites (tertiary alicyclic amines) is 2. The van der Waals surface area contributed by atoms with Crippen LogP contribution in [0, 0.1) is 6.57 Å². The average molecular weight is 602 g/mol. The van der Waals surface area contributed by atoms with Crippen molar-refractivity contribution in [1.82, 2.24) is 14.5 Å². The molecular formula is C30H40ClN5O4S. The highest BCUT2D eigenvalue weighted by molar-refractivity contribution is 7.89. The van der Waals surface area contributed by atoms with E-state index in [0.717, 1.165) is 76.0 Å². The minimum absolute atomic E-state index is 0.0983. The summed E-state index contributed by atoms with van der Waals surface area (Å²) in [5.41, 5.74) is 8.00. The fourth-order valence-corrected chi connectivity index (χ4v) is 7.77. The van der Waals surface area contributed by atoms with E-state index >= 15 is 0 Å². The summed E-state index contributed by atoms with van der Waals surface area (Å²) in [7, 11) is -3.66. The summed E-state index contributed by atoms with van der Waals surface area (Å²) in [6, 6.07) is 10.3. The number of hydrogen-bond acceptors (Lipinski definition) is 7. The number of nitrogens with two attached hydrogens (primary N) is 1. The second-order valence-electron chi connectivity index (χ2n) is 11.1. The third-order valence-corrected chi connectivity index (χ3v) is 10.2. The van der Waals surface area contributed by atoms with Gasteiger partial charge in [0.1, 0.15) is 11.9 Å². The minimum atomic E-state index is -3.66. The summed E-state index contributed by atoms with van der Waals surface area (Å²) in [6.07, 6.45) is 5.50. The van der Waals surface area contributed by atoms with Crippen LogP contribution in [0.15, 0.2) is 41.3 Å². The van der Waals surface area contributed by atoms with Crippen molar-refractivity contribution in [1.29, 1.82) is 0 Å². The Morgan fingerprint density at radius 2 is 1.78 bits per heavy atom. The fourth-order valence-electron chi connectivity index (χ4n) is 6.24. The molecule has 5 rings (SSSR count). The first kappa shape index (κ1) is 30.2. The highest BCUT2D eigenvalue weighted by Gasteiger charge is 2.40. The first-order valence-corrected chi connectivity index (χ1v) is 16.5. The Morgan fingerprint density at radius 1 is 1.05 bits per heavy atom. The molecule has 41 heavy (non-hydrogen) atoms. The van der Waals surface area contributed by atoms with E-state index in [4.69, 9.17) is 33.4 Å². The Hall–Kier alpha value is -2.23. The van der Waals surface area contributed by atoms with Crippen LogP contribution in [-0.2, 0) is 21.2 Å². The summed E-state index contributed by atoms with van der Waals surface area (Å²) in [4.78, 5) is 8.72. The van der Waals surface area contributed by atoms with Gasteiger partial charge in [0.25, 0.3) is 0 Å². The highest BCUT2D eigenvalue weighted by atomic mass is 35.5. The lowest BCUT2D eigenvalue weighted by Crippen LogP contribution is -2.45. The Bertz CT molecular complexity index is 1320. The SMILES string of the molecule is [C-]#[N+]c1cc(Cl)cc2c1C[C@H](N1CCCCC1)[C@H]2Oc1ccc(S(=O)(=O)NC2CCN(CCOCCN)CC2)cc1. The summed E-state index contributed by atoms with van der Waals surface area (Å²) in [5.74, 6) is 0.596. The molecule has 0 unspecified atom stereocenters. The van der Waals surface area contributed by atoms with Gasteiger partial charge in [0.05, 0.1) is 30.7 Å². The van der Waals surface area contributed by atoms with Crippen molar-refractivity contribution in [3.63, 3.8) is 0 Å². The van der Waals surface area contributed by atoms with Crippen molar-refractivity contribution in [3.8, 4) is 5.75 Å². The molecule has 0 spiro atoms. The molecule has 0 radical (unpaired) electrons. The normalized spacial score (nSPS) is 22.4. The molecule has 3 N–H and O–H groups in total. The molecule has 9 nitrogen and oxygen atoms in total. The molecule has 0 bridgehead atoms. The lowest BCUT2D eigenvalue weighted by Gasteiger charge is -2.36. The molecule has 2 saturated heterocycles. The number of nitrogens with one attached hydrogen (secondary N) is 1. The molecule has 0 aromatic heterocycles. The summed E-state index contributed by atoms with van der Waals surface area (Å²) < 4.78 is 41.2. The molecule has 2 heterocycles. The molecule has 222 valence electrons. The predicted octanol–water partition coefficient (Wildman–Crippen LogP) is 4.14. The molecular weight excluding hydrogens is 562 g/mol. The van der Waals surface area contributed by atoms with Crippen molar-refractivity contribution in [2.45, 2.75) is 61.6 Å². The molecule has 2 aliphatic heterocycles. The van der Waals surface area contributed by atoms with Gasteiger partial charge in [0.15, 0.2) is 5.69 Å². The van der Waals surface area contributed by atoms with Crippen molar-refractivity contribution in [2.75, 3.05) is 52.5 Å². The second-order valence-corrected chi connectivity index (χ2v) is 13.3. The fraction of sp³-hybridized carbons (Fsp3) is 0.567. The molecule has 2 fully saturated rings. The zero-order valence-electron chi connectivity index (χ0n) is 23.4. The second kappa shape index (κ2) is 13.8. The number of fused-ring (bicyclic) bond motifs is 1. The van der Waals surface area contributed by atoms with Crippen molar-refractivity contribution in [2.24, 2.45) is 5.73 Å². The minimum Gasteiger partial charge on any atom is -0.484 e. The number of piperidine rings is 2. The van der Waals surface area contributed by atoms with Crippen LogP contribution in [0.3, 0.4) is 0 Å². The highest BCUT2D eigenvalue weighted by Crippen LogP contribution is 2.44. The number of ether oxygens (including phenoxy) is 2. The average Bonchev–Trinajstić information content (AvgIpc) is 3.34. The zero-order valence-corrected chi connectivity index (χ0v) is 25.0. The Morgan fingerprint density at radius 3 is 2.46 bits per heavy atom. The van der Waals surface area contributed by atoms with Gasteiger partial charge in [-0.3, -0.25) is 4.90 Å². The van der Waals surface area contributed by atoms with E-state index in [1.165, 1.54) is 6.42 Å². The third-order valence-electron chi connectivity index (χ3n) is 8.40. The van der Waals surface area contributed by atoms with E-state index in [0.29, 0.717) is 36.2 Å². The van der Waals surface area contributed by atoms with E-state index in [9.17, 15) is 8.42 Å². The van der Waals surface area contributed by atoms with Gasteiger partial charge in [-0.1, -0.05) is 18.0 Å². The molecule has 2 aromatic carbocycles. The maximum Gasteiger partial charge on any atom is 0.240 e. The smallest absolute Gasteiger partial charge is 0.240 e. The van der Waals surface area contributed by atoms with E-state index in [2.05, 4.69) is 19.4 Å². The van der Waals surface area contributed by atoms with Gasteiger partial charge < -0.3 is 20.1 Å². The summed E-state index contributed by atoms with van der Waals surface area (Å²) in [5, 5.41) is 0.529. The van der Waals surface area contributed by atoms with Gasteiger partial charge in [-0.05, 0) is 106 Å². The number of hydrogen-bond donors (Lipinski definition) is 2. The first-order valence-electron chi connectivity index (χ1n) is 14.6. The van der Waals surface area contributed by atoms with Crippen molar-refractivity contribution < 1.29 is 17.9 Å². The van der Waals surface area contributed by atoms with Crippen LogP contribution in [-0.4, -0.2) is 82.8 Å². The van der Waals surface area contributed by atoms with Crippen LogP contribution < -0.4 is 15.2 Å². The van der Waals surface area contributed by atoms with E-state index in [-0.39, 0.29) is 23.1 Å². The number of halogens is 1. The van der Waals surface area contributed by atoms with E-state index < -0.39 is 10.0 Å². The van der Waals surface area contributed by atoms with Gasteiger partial charge in [-0.2, -0.15) is 0 Å². The van der Waals surface area contributed by atoms with Gasteiger partial charge in [0.2, 0.25) is 10.0 Å². The van der Waals surface area contributed by atoms with Crippen LogP contribution in [0.4, 0.5) is 5.69 Å². The largest absolute Gasteiger partial charge is 0.484 e. The van der Waals surface area contributed by atoms with Gasteiger partial charge in [0, 0.05) is 24.2 Å². The number of benzene rings is 2. The van der Waals surface area contributed by atoms with Crippen molar-refractivity contribution >= 4 is 27.3 Å². The Balaban J connectivity index is 1.24. The third kappa shape index (κ3) is 7.41. The molecule has 2 aromatic rings.